The molecule has 0 bridgehead atoms. The lowest BCUT2D eigenvalue weighted by atomic mass is 9.91. The molecule has 124 valence electrons. The maximum Gasteiger partial charge on any atom is 0.263 e. The molecule has 2 rings (SSSR count). The first-order chi connectivity index (χ1) is 9.97. The zero-order chi connectivity index (χ0) is 15.4. The fourth-order valence-corrected chi connectivity index (χ4v) is 2.85. The van der Waals surface area contributed by atoms with E-state index in [1.54, 1.807) is 0 Å². The van der Waals surface area contributed by atoms with Gasteiger partial charge < -0.3 is 15.4 Å². The van der Waals surface area contributed by atoms with Gasteiger partial charge in [-0.2, -0.15) is 0 Å². The van der Waals surface area contributed by atoms with Crippen LogP contribution >= 0.6 is 12.4 Å². The molecule has 1 amide bonds. The third kappa shape index (κ3) is 4.89. The number of hydrogen-bond donors (Lipinski definition) is 1. The fraction of sp³-hybridized carbons (Fsp3) is 0.588. The van der Waals surface area contributed by atoms with Crippen molar-refractivity contribution in [2.75, 3.05) is 13.1 Å². The smallest absolute Gasteiger partial charge is 0.263 e. The number of carbonyl (C=O) groups excluding carboxylic acids is 1. The summed E-state index contributed by atoms with van der Waals surface area (Å²) in [7, 11) is 0. The number of nitrogens with zero attached hydrogens (tertiary/aromatic N) is 1. The third-order valence-electron chi connectivity index (χ3n) is 4.25. The molecule has 1 aliphatic rings. The first kappa shape index (κ1) is 18.8. The first-order valence-corrected chi connectivity index (χ1v) is 7.75. The van der Waals surface area contributed by atoms with Gasteiger partial charge in [0.25, 0.3) is 5.91 Å². The topological polar surface area (TPSA) is 55.6 Å². The quantitative estimate of drug-likeness (QED) is 0.925. The average Bonchev–Trinajstić information content (AvgIpc) is 2.46. The molecule has 1 saturated heterocycles. The molecule has 0 saturated carbocycles. The molecule has 1 aliphatic heterocycles. The number of nitrogens with two attached hydrogens (primary N) is 1. The van der Waals surface area contributed by atoms with Crippen LogP contribution in [0.3, 0.4) is 0 Å². The second-order valence-corrected chi connectivity index (χ2v) is 6.10. The maximum atomic E-state index is 12.4. The number of hydrogen-bond acceptors (Lipinski definition) is 3. The van der Waals surface area contributed by atoms with E-state index in [1.807, 2.05) is 49.9 Å². The molecule has 22 heavy (non-hydrogen) atoms. The molecular weight excluding hydrogens is 300 g/mol. The van der Waals surface area contributed by atoms with E-state index >= 15 is 0 Å². The lowest BCUT2D eigenvalue weighted by molar-refractivity contribution is -0.139. The van der Waals surface area contributed by atoms with Crippen LogP contribution in [0.5, 0.6) is 5.75 Å². The summed E-state index contributed by atoms with van der Waals surface area (Å²) in [5.74, 6) is 1.35. The largest absolute Gasteiger partial charge is 0.481 e. The molecule has 1 aromatic carbocycles. The third-order valence-corrected chi connectivity index (χ3v) is 4.25. The van der Waals surface area contributed by atoms with Crippen molar-refractivity contribution in [3.05, 3.63) is 29.8 Å². The Morgan fingerprint density at radius 1 is 1.32 bits per heavy atom. The number of rotatable bonds is 4. The van der Waals surface area contributed by atoms with E-state index in [1.165, 1.54) is 0 Å². The molecule has 0 aromatic heterocycles. The number of aryl methyl sites for hydroxylation is 1. The van der Waals surface area contributed by atoms with E-state index in [9.17, 15) is 4.79 Å². The van der Waals surface area contributed by atoms with Gasteiger partial charge >= 0.3 is 0 Å². The summed E-state index contributed by atoms with van der Waals surface area (Å²) < 4.78 is 5.77. The molecule has 0 radical (unpaired) electrons. The Balaban J connectivity index is 0.00000242. The maximum absolute atomic E-state index is 12.4. The summed E-state index contributed by atoms with van der Waals surface area (Å²) in [6.07, 6.45) is 1.53. The highest BCUT2D eigenvalue weighted by molar-refractivity contribution is 5.85. The van der Waals surface area contributed by atoms with Gasteiger partial charge in [0, 0.05) is 19.1 Å². The minimum Gasteiger partial charge on any atom is -0.481 e. The van der Waals surface area contributed by atoms with Crippen molar-refractivity contribution >= 4 is 18.3 Å². The van der Waals surface area contributed by atoms with E-state index < -0.39 is 6.10 Å². The van der Waals surface area contributed by atoms with Gasteiger partial charge in [0.2, 0.25) is 0 Å². The van der Waals surface area contributed by atoms with Crippen molar-refractivity contribution in [2.45, 2.75) is 45.8 Å². The zero-order valence-electron chi connectivity index (χ0n) is 13.6. The Morgan fingerprint density at radius 2 is 1.95 bits per heavy atom. The zero-order valence-corrected chi connectivity index (χ0v) is 14.4. The lowest BCUT2D eigenvalue weighted by Gasteiger charge is -2.35. The summed E-state index contributed by atoms with van der Waals surface area (Å²) in [5, 5.41) is 0. The Labute approximate surface area is 139 Å². The summed E-state index contributed by atoms with van der Waals surface area (Å²) in [6.45, 7) is 7.45. The molecular formula is C17H27ClN2O2. The van der Waals surface area contributed by atoms with Crippen molar-refractivity contribution in [3.63, 3.8) is 0 Å². The Morgan fingerprint density at radius 3 is 2.50 bits per heavy atom. The second kappa shape index (κ2) is 8.39. The minimum atomic E-state index is -0.446. The monoisotopic (exact) mass is 326 g/mol. The van der Waals surface area contributed by atoms with Gasteiger partial charge in [0.15, 0.2) is 6.10 Å². The highest BCUT2D eigenvalue weighted by Gasteiger charge is 2.28. The van der Waals surface area contributed by atoms with Crippen LogP contribution in [0.2, 0.25) is 0 Å². The second-order valence-electron chi connectivity index (χ2n) is 6.10. The summed E-state index contributed by atoms with van der Waals surface area (Å²) in [4.78, 5) is 14.3. The van der Waals surface area contributed by atoms with Crippen LogP contribution in [0.15, 0.2) is 24.3 Å². The number of halogens is 1. The molecule has 1 fully saturated rings. The number of likely N-dealkylation sites (tertiary alicyclic amines) is 1. The molecule has 2 N–H and O–H groups in total. The van der Waals surface area contributed by atoms with Crippen LogP contribution in [0.25, 0.3) is 0 Å². The number of carbonyl (C=O) groups is 1. The van der Waals surface area contributed by atoms with Gasteiger partial charge in [0.1, 0.15) is 5.75 Å². The van der Waals surface area contributed by atoms with E-state index in [4.69, 9.17) is 10.5 Å². The van der Waals surface area contributed by atoms with Crippen LogP contribution in [0, 0.1) is 12.8 Å². The van der Waals surface area contributed by atoms with Crippen LogP contribution in [0.1, 0.15) is 32.3 Å². The van der Waals surface area contributed by atoms with Gasteiger partial charge in [-0.05, 0) is 57.2 Å². The fourth-order valence-electron chi connectivity index (χ4n) is 2.85. The van der Waals surface area contributed by atoms with Crippen LogP contribution in [-0.2, 0) is 4.79 Å². The Hall–Kier alpha value is -1.26. The molecule has 0 aliphatic carbocycles. The number of benzene rings is 1. The molecule has 2 unspecified atom stereocenters. The summed E-state index contributed by atoms with van der Waals surface area (Å²) in [6, 6.07) is 8.00. The Bertz CT molecular complexity index is 485. The predicted molar refractivity (Wildman–Crippen MR) is 91.5 cm³/mol. The standard InChI is InChI=1S/C17H26N2O2.ClH/c1-12-5-4-6-16(11-12)21-14(3)17(20)19-9-7-15(8-10-19)13(2)18;/h4-6,11,13-15H,7-10,18H2,1-3H3;1H. The molecule has 4 nitrogen and oxygen atoms in total. The Kier molecular flexibility index (Phi) is 7.17. The van der Waals surface area contributed by atoms with Crippen LogP contribution in [-0.4, -0.2) is 36.0 Å². The molecule has 0 spiro atoms. The van der Waals surface area contributed by atoms with Gasteiger partial charge in [-0.25, -0.2) is 0 Å². The van der Waals surface area contributed by atoms with Crippen molar-refractivity contribution in [2.24, 2.45) is 11.7 Å². The van der Waals surface area contributed by atoms with E-state index in [0.29, 0.717) is 5.92 Å². The summed E-state index contributed by atoms with van der Waals surface area (Å²) in [5.41, 5.74) is 7.07. The number of piperidine rings is 1. The van der Waals surface area contributed by atoms with E-state index in [2.05, 4.69) is 0 Å². The number of amides is 1. The first-order valence-electron chi connectivity index (χ1n) is 7.75. The minimum absolute atomic E-state index is 0. The highest BCUT2D eigenvalue weighted by Crippen LogP contribution is 2.21. The summed E-state index contributed by atoms with van der Waals surface area (Å²) >= 11 is 0. The van der Waals surface area contributed by atoms with Gasteiger partial charge in [-0.3, -0.25) is 4.79 Å². The number of ether oxygens (including phenoxy) is 1. The lowest BCUT2D eigenvalue weighted by Crippen LogP contribution is -2.46. The predicted octanol–water partition coefficient (Wildman–Crippen LogP) is 2.77. The SMILES string of the molecule is Cc1cccc(OC(C)C(=O)N2CCC(C(C)N)CC2)c1.Cl. The van der Waals surface area contributed by atoms with E-state index in [0.717, 1.165) is 37.2 Å². The van der Waals surface area contributed by atoms with Crippen molar-refractivity contribution < 1.29 is 9.53 Å². The van der Waals surface area contributed by atoms with Crippen LogP contribution in [0.4, 0.5) is 0 Å². The van der Waals surface area contributed by atoms with Crippen molar-refractivity contribution in [3.8, 4) is 5.75 Å². The van der Waals surface area contributed by atoms with Crippen molar-refractivity contribution in [1.82, 2.24) is 4.90 Å². The molecule has 5 heteroatoms. The van der Waals surface area contributed by atoms with Crippen LogP contribution < -0.4 is 10.5 Å². The van der Waals surface area contributed by atoms with E-state index in [-0.39, 0.29) is 24.4 Å². The van der Waals surface area contributed by atoms with Gasteiger partial charge in [-0.1, -0.05) is 12.1 Å². The normalized spacial score (nSPS) is 18.3. The van der Waals surface area contributed by atoms with Crippen molar-refractivity contribution in [1.29, 1.82) is 0 Å². The average molecular weight is 327 g/mol. The molecule has 1 aromatic rings. The van der Waals surface area contributed by atoms with Gasteiger partial charge in [-0.15, -0.1) is 12.4 Å². The molecule has 2 atom stereocenters. The molecule has 1 heterocycles. The highest BCUT2D eigenvalue weighted by atomic mass is 35.5. The van der Waals surface area contributed by atoms with Gasteiger partial charge in [0.05, 0.1) is 0 Å².